The van der Waals surface area contributed by atoms with Gasteiger partial charge in [0.1, 0.15) is 5.75 Å². The number of anilines is 1. The highest BCUT2D eigenvalue weighted by Crippen LogP contribution is 2.19. The van der Waals surface area contributed by atoms with Gasteiger partial charge in [0.25, 0.3) is 0 Å². The number of hydrogen-bond donors (Lipinski definition) is 1. The summed E-state index contributed by atoms with van der Waals surface area (Å²) in [6.45, 7) is 5.84. The second kappa shape index (κ2) is 8.27. The smallest absolute Gasteiger partial charge is 0.142 e. The zero-order chi connectivity index (χ0) is 14.9. The lowest BCUT2D eigenvalue weighted by molar-refractivity contribution is 0.236. The van der Waals surface area contributed by atoms with Crippen molar-refractivity contribution in [2.75, 3.05) is 25.4 Å². The van der Waals surface area contributed by atoms with Crippen LogP contribution in [0.5, 0.6) is 5.75 Å². The van der Waals surface area contributed by atoms with E-state index in [4.69, 9.17) is 10.5 Å². The summed E-state index contributed by atoms with van der Waals surface area (Å²) in [4.78, 5) is 6.44. The number of benzene rings is 1. The number of hydrogen-bond acceptors (Lipinski definition) is 4. The number of para-hydroxylation sites is 2. The van der Waals surface area contributed by atoms with Crippen molar-refractivity contribution < 1.29 is 4.74 Å². The average molecular weight is 285 g/mol. The van der Waals surface area contributed by atoms with E-state index >= 15 is 0 Å². The summed E-state index contributed by atoms with van der Waals surface area (Å²) in [5.74, 6) is 0.773. The van der Waals surface area contributed by atoms with Crippen LogP contribution in [0, 0.1) is 0 Å². The standard InChI is InChI=1S/C17H23N3O/c1-2-20(14-15-8-10-19-11-9-15)12-5-13-21-17-7-4-3-6-16(17)18/h3-4,6-11H,2,5,12-14,18H2,1H3. The fraction of sp³-hybridized carbons (Fsp3) is 0.353. The van der Waals surface area contributed by atoms with Gasteiger partial charge in [0.05, 0.1) is 12.3 Å². The van der Waals surface area contributed by atoms with Gasteiger partial charge in [0.2, 0.25) is 0 Å². The predicted molar refractivity (Wildman–Crippen MR) is 86.2 cm³/mol. The van der Waals surface area contributed by atoms with Crippen LogP contribution in [0.3, 0.4) is 0 Å². The Kier molecular flexibility index (Phi) is 6.03. The van der Waals surface area contributed by atoms with Crippen LogP contribution in [0.1, 0.15) is 18.9 Å². The van der Waals surface area contributed by atoms with E-state index < -0.39 is 0 Å². The van der Waals surface area contributed by atoms with Gasteiger partial charge in [0.15, 0.2) is 0 Å². The first-order chi connectivity index (χ1) is 10.3. The van der Waals surface area contributed by atoms with Crippen molar-refractivity contribution >= 4 is 5.69 Å². The van der Waals surface area contributed by atoms with Crippen molar-refractivity contribution in [1.82, 2.24) is 9.88 Å². The second-order valence-electron chi connectivity index (χ2n) is 4.96. The molecule has 0 radical (unpaired) electrons. The van der Waals surface area contributed by atoms with Crippen molar-refractivity contribution in [3.63, 3.8) is 0 Å². The summed E-state index contributed by atoms with van der Waals surface area (Å²) >= 11 is 0. The van der Waals surface area contributed by atoms with Crippen LogP contribution in [-0.2, 0) is 6.54 Å². The Morgan fingerprint density at radius 3 is 2.62 bits per heavy atom. The Bertz CT molecular complexity index is 531. The molecule has 0 unspecified atom stereocenters. The number of ether oxygens (including phenoxy) is 1. The lowest BCUT2D eigenvalue weighted by Gasteiger charge is -2.20. The van der Waals surface area contributed by atoms with E-state index in [1.54, 1.807) is 0 Å². The maximum atomic E-state index is 5.85. The first kappa shape index (κ1) is 15.3. The van der Waals surface area contributed by atoms with Gasteiger partial charge < -0.3 is 10.5 Å². The Hall–Kier alpha value is -2.07. The molecule has 2 aromatic rings. The van der Waals surface area contributed by atoms with Crippen molar-refractivity contribution in [3.05, 3.63) is 54.4 Å². The molecule has 1 heterocycles. The Labute approximate surface area is 126 Å². The molecular weight excluding hydrogens is 262 g/mol. The lowest BCUT2D eigenvalue weighted by Crippen LogP contribution is -2.25. The SMILES string of the molecule is CCN(CCCOc1ccccc1N)Cc1ccncc1. The molecule has 112 valence electrons. The molecule has 0 saturated heterocycles. The molecule has 4 nitrogen and oxygen atoms in total. The minimum absolute atomic E-state index is 0.682. The molecule has 0 aliphatic carbocycles. The third kappa shape index (κ3) is 5.08. The van der Waals surface area contributed by atoms with E-state index in [2.05, 4.69) is 28.9 Å². The van der Waals surface area contributed by atoms with E-state index in [0.717, 1.165) is 31.8 Å². The zero-order valence-corrected chi connectivity index (χ0v) is 12.5. The number of nitrogens with two attached hydrogens (primary N) is 1. The summed E-state index contributed by atoms with van der Waals surface area (Å²) < 4.78 is 5.72. The Morgan fingerprint density at radius 1 is 1.14 bits per heavy atom. The molecule has 1 aromatic carbocycles. The fourth-order valence-electron chi connectivity index (χ4n) is 2.18. The van der Waals surface area contributed by atoms with E-state index in [1.807, 2.05) is 36.7 Å². The fourth-order valence-corrected chi connectivity index (χ4v) is 2.18. The van der Waals surface area contributed by atoms with Crippen molar-refractivity contribution in [2.45, 2.75) is 19.9 Å². The third-order valence-corrected chi connectivity index (χ3v) is 3.40. The van der Waals surface area contributed by atoms with Gasteiger partial charge in [-0.3, -0.25) is 9.88 Å². The topological polar surface area (TPSA) is 51.4 Å². The largest absolute Gasteiger partial charge is 0.491 e. The molecule has 2 rings (SSSR count). The normalized spacial score (nSPS) is 10.8. The van der Waals surface area contributed by atoms with Gasteiger partial charge in [-0.05, 0) is 42.8 Å². The van der Waals surface area contributed by atoms with Gasteiger partial charge in [-0.15, -0.1) is 0 Å². The molecule has 0 aliphatic heterocycles. The summed E-state index contributed by atoms with van der Waals surface area (Å²) in [5, 5.41) is 0. The molecule has 2 N–H and O–H groups in total. The molecule has 0 amide bonds. The van der Waals surface area contributed by atoms with Gasteiger partial charge in [-0.2, -0.15) is 0 Å². The molecule has 21 heavy (non-hydrogen) atoms. The van der Waals surface area contributed by atoms with E-state index in [1.165, 1.54) is 5.56 Å². The van der Waals surface area contributed by atoms with E-state index in [-0.39, 0.29) is 0 Å². The first-order valence-corrected chi connectivity index (χ1v) is 7.38. The van der Waals surface area contributed by atoms with Crippen molar-refractivity contribution in [3.8, 4) is 5.75 Å². The molecular formula is C17H23N3O. The van der Waals surface area contributed by atoms with E-state index in [0.29, 0.717) is 12.3 Å². The van der Waals surface area contributed by atoms with Gasteiger partial charge in [0, 0.05) is 25.5 Å². The molecule has 0 saturated carbocycles. The first-order valence-electron chi connectivity index (χ1n) is 7.38. The molecule has 1 aromatic heterocycles. The quantitative estimate of drug-likeness (QED) is 0.598. The number of aromatic nitrogens is 1. The summed E-state index contributed by atoms with van der Waals surface area (Å²) in [7, 11) is 0. The minimum atomic E-state index is 0.682. The maximum absolute atomic E-state index is 5.85. The maximum Gasteiger partial charge on any atom is 0.142 e. The summed E-state index contributed by atoms with van der Waals surface area (Å²) in [5.41, 5.74) is 7.84. The van der Waals surface area contributed by atoms with Crippen LogP contribution in [-0.4, -0.2) is 29.6 Å². The van der Waals surface area contributed by atoms with Crippen LogP contribution in [0.25, 0.3) is 0 Å². The molecule has 0 spiro atoms. The number of nitrogen functional groups attached to an aromatic ring is 1. The van der Waals surface area contributed by atoms with Crippen molar-refractivity contribution in [1.29, 1.82) is 0 Å². The molecule has 0 bridgehead atoms. The van der Waals surface area contributed by atoms with Crippen LogP contribution in [0.2, 0.25) is 0 Å². The molecule has 0 fully saturated rings. The predicted octanol–water partition coefficient (Wildman–Crippen LogP) is 2.95. The highest BCUT2D eigenvalue weighted by atomic mass is 16.5. The minimum Gasteiger partial charge on any atom is -0.491 e. The van der Waals surface area contributed by atoms with Crippen molar-refractivity contribution in [2.24, 2.45) is 0 Å². The van der Waals surface area contributed by atoms with Gasteiger partial charge in [-0.1, -0.05) is 19.1 Å². The zero-order valence-electron chi connectivity index (χ0n) is 12.5. The van der Waals surface area contributed by atoms with Crippen LogP contribution in [0.4, 0.5) is 5.69 Å². The van der Waals surface area contributed by atoms with Crippen LogP contribution >= 0.6 is 0 Å². The van der Waals surface area contributed by atoms with Gasteiger partial charge in [-0.25, -0.2) is 0 Å². The summed E-state index contributed by atoms with van der Waals surface area (Å²) in [6, 6.07) is 11.7. The highest BCUT2D eigenvalue weighted by Gasteiger charge is 2.04. The highest BCUT2D eigenvalue weighted by molar-refractivity contribution is 5.51. The molecule has 0 atom stereocenters. The Balaban J connectivity index is 1.73. The van der Waals surface area contributed by atoms with Gasteiger partial charge >= 0.3 is 0 Å². The van der Waals surface area contributed by atoms with Crippen LogP contribution in [0.15, 0.2) is 48.8 Å². The van der Waals surface area contributed by atoms with E-state index in [9.17, 15) is 0 Å². The average Bonchev–Trinajstić information content (AvgIpc) is 2.53. The number of nitrogens with zero attached hydrogens (tertiary/aromatic N) is 2. The summed E-state index contributed by atoms with van der Waals surface area (Å²) in [6.07, 6.45) is 4.65. The number of rotatable bonds is 8. The molecule has 4 heteroatoms. The monoisotopic (exact) mass is 285 g/mol. The lowest BCUT2D eigenvalue weighted by atomic mass is 10.2. The van der Waals surface area contributed by atoms with Crippen LogP contribution < -0.4 is 10.5 Å². The second-order valence-corrected chi connectivity index (χ2v) is 4.96. The number of pyridine rings is 1. The Morgan fingerprint density at radius 2 is 1.90 bits per heavy atom. The molecule has 0 aliphatic rings. The third-order valence-electron chi connectivity index (χ3n) is 3.40.